The Kier molecular flexibility index (Phi) is 4.37. The van der Waals surface area contributed by atoms with Gasteiger partial charge in [0.25, 0.3) is 6.26 Å². The molecule has 2 heteroatoms. The highest BCUT2D eigenvalue weighted by Crippen LogP contribution is 2.22. The summed E-state index contributed by atoms with van der Waals surface area (Å²) in [5, 5.41) is 8.35. The van der Waals surface area contributed by atoms with E-state index in [4.69, 9.17) is 10.00 Å². The van der Waals surface area contributed by atoms with Gasteiger partial charge in [-0.25, -0.2) is 0 Å². The third-order valence-corrected chi connectivity index (χ3v) is 2.48. The van der Waals surface area contributed by atoms with Crippen LogP contribution in [0.2, 0.25) is 0 Å². The predicted molar refractivity (Wildman–Crippen MR) is 65.1 cm³/mol. The molecule has 86 valence electrons. The fourth-order valence-corrected chi connectivity index (χ4v) is 1.60. The molecule has 1 aromatic rings. The number of ether oxygens (including phenoxy) is 1. The Bertz CT molecular complexity index is 354. The Morgan fingerprint density at radius 2 is 1.81 bits per heavy atom. The molecule has 0 aliphatic heterocycles. The van der Waals surface area contributed by atoms with Crippen molar-refractivity contribution in [2.75, 3.05) is 0 Å². The summed E-state index contributed by atoms with van der Waals surface area (Å²) >= 11 is 0. The Morgan fingerprint density at radius 1 is 1.19 bits per heavy atom. The molecule has 0 saturated heterocycles. The highest BCUT2D eigenvalue weighted by Gasteiger charge is 2.09. The minimum absolute atomic E-state index is 0.407. The van der Waals surface area contributed by atoms with Gasteiger partial charge in [0.2, 0.25) is 0 Å². The minimum Gasteiger partial charge on any atom is -0.388 e. The minimum atomic E-state index is 0.407. The summed E-state index contributed by atoms with van der Waals surface area (Å²) in [5.74, 6) is 0.613. The molecule has 0 fully saturated rings. The van der Waals surface area contributed by atoms with Crippen LogP contribution in [0.5, 0.6) is 5.75 Å². The van der Waals surface area contributed by atoms with Gasteiger partial charge >= 0.3 is 0 Å². The molecule has 16 heavy (non-hydrogen) atoms. The van der Waals surface area contributed by atoms with Crippen LogP contribution < -0.4 is 4.74 Å². The van der Waals surface area contributed by atoms with E-state index in [-0.39, 0.29) is 0 Å². The summed E-state index contributed by atoms with van der Waals surface area (Å²) in [4.78, 5) is 0. The van der Waals surface area contributed by atoms with Gasteiger partial charge in [0.1, 0.15) is 5.75 Å². The third-order valence-electron chi connectivity index (χ3n) is 2.48. The molecule has 0 N–H and O–H groups in total. The fourth-order valence-electron chi connectivity index (χ4n) is 1.60. The number of hydrogen-bond acceptors (Lipinski definition) is 2. The lowest BCUT2D eigenvalue weighted by atomic mass is 9.89. The highest BCUT2D eigenvalue weighted by atomic mass is 16.5. The Hall–Kier alpha value is -1.49. The van der Waals surface area contributed by atoms with Gasteiger partial charge in [0.15, 0.2) is 0 Å². The topological polar surface area (TPSA) is 33.0 Å². The van der Waals surface area contributed by atoms with E-state index in [1.807, 2.05) is 24.3 Å². The van der Waals surface area contributed by atoms with E-state index < -0.39 is 0 Å². The lowest BCUT2D eigenvalue weighted by molar-refractivity contribution is 0.365. The van der Waals surface area contributed by atoms with Crippen molar-refractivity contribution in [3.63, 3.8) is 0 Å². The molecule has 0 unspecified atom stereocenters. The molecule has 0 bridgehead atoms. The molecule has 1 aromatic carbocycles. The van der Waals surface area contributed by atoms with Gasteiger partial charge in [-0.15, -0.1) is 5.26 Å². The van der Waals surface area contributed by atoms with Crippen molar-refractivity contribution in [1.82, 2.24) is 0 Å². The average molecular weight is 217 g/mol. The molecule has 0 spiro atoms. The summed E-state index contributed by atoms with van der Waals surface area (Å²) in [6.45, 7) is 6.78. The van der Waals surface area contributed by atoms with Crippen LogP contribution in [0.1, 0.15) is 39.2 Å². The molecule has 0 aliphatic carbocycles. The van der Waals surface area contributed by atoms with Gasteiger partial charge in [-0.2, -0.15) is 0 Å². The summed E-state index contributed by atoms with van der Waals surface area (Å²) in [6.07, 6.45) is 5.18. The maximum Gasteiger partial charge on any atom is 0.292 e. The van der Waals surface area contributed by atoms with Crippen molar-refractivity contribution >= 4 is 0 Å². The number of hydrogen-bond donors (Lipinski definition) is 0. The molecule has 0 atom stereocenters. The Labute approximate surface area is 97.9 Å². The lowest BCUT2D eigenvalue weighted by Crippen LogP contribution is -2.04. The monoisotopic (exact) mass is 217 g/mol. The molecular weight excluding hydrogens is 198 g/mol. The van der Waals surface area contributed by atoms with Crippen LogP contribution in [-0.2, 0) is 6.42 Å². The maximum absolute atomic E-state index is 8.35. The van der Waals surface area contributed by atoms with Crippen molar-refractivity contribution in [1.29, 1.82) is 5.26 Å². The van der Waals surface area contributed by atoms with Crippen molar-refractivity contribution in [2.45, 2.75) is 40.0 Å². The first-order chi connectivity index (χ1) is 7.51. The van der Waals surface area contributed by atoms with Crippen LogP contribution in [0.25, 0.3) is 0 Å². The van der Waals surface area contributed by atoms with Crippen molar-refractivity contribution in [3.8, 4) is 12.0 Å². The van der Waals surface area contributed by atoms with Gasteiger partial charge in [-0.3, -0.25) is 0 Å². The molecule has 0 radical (unpaired) electrons. The third kappa shape index (κ3) is 4.84. The van der Waals surface area contributed by atoms with Crippen LogP contribution >= 0.6 is 0 Å². The van der Waals surface area contributed by atoms with Gasteiger partial charge in [0.05, 0.1) is 0 Å². The van der Waals surface area contributed by atoms with E-state index in [0.29, 0.717) is 11.2 Å². The summed E-state index contributed by atoms with van der Waals surface area (Å²) in [5.41, 5.74) is 1.71. The molecule has 0 heterocycles. The molecule has 0 aromatic heterocycles. The van der Waals surface area contributed by atoms with E-state index in [1.54, 1.807) is 6.26 Å². The van der Waals surface area contributed by atoms with Crippen molar-refractivity contribution in [3.05, 3.63) is 29.8 Å². The molecule has 1 rings (SSSR count). The summed E-state index contributed by atoms with van der Waals surface area (Å²) in [7, 11) is 0. The van der Waals surface area contributed by atoms with Crippen molar-refractivity contribution in [2.24, 2.45) is 5.41 Å². The largest absolute Gasteiger partial charge is 0.388 e. The van der Waals surface area contributed by atoms with E-state index in [1.165, 1.54) is 18.4 Å². The molecular formula is C14H19NO. The van der Waals surface area contributed by atoms with Crippen LogP contribution in [0.4, 0.5) is 0 Å². The number of rotatable bonds is 4. The molecule has 0 amide bonds. The highest BCUT2D eigenvalue weighted by molar-refractivity contribution is 5.28. The number of nitrogens with zero attached hydrogens (tertiary/aromatic N) is 1. The number of nitriles is 1. The average Bonchev–Trinajstić information content (AvgIpc) is 2.19. The van der Waals surface area contributed by atoms with Crippen LogP contribution in [0.15, 0.2) is 24.3 Å². The van der Waals surface area contributed by atoms with Crippen LogP contribution in [-0.4, -0.2) is 0 Å². The standard InChI is InChI=1S/C14H19NO/c1-14(2,3)10-4-5-12-6-8-13(9-7-12)16-11-15/h6-9H,4-5,10H2,1-3H3. The smallest absolute Gasteiger partial charge is 0.292 e. The summed E-state index contributed by atoms with van der Waals surface area (Å²) < 4.78 is 4.73. The second-order valence-corrected chi connectivity index (χ2v) is 5.25. The van der Waals surface area contributed by atoms with Crippen molar-refractivity contribution < 1.29 is 4.74 Å². The quantitative estimate of drug-likeness (QED) is 0.716. The van der Waals surface area contributed by atoms with Gasteiger partial charge in [-0.05, 0) is 42.4 Å². The Balaban J connectivity index is 2.41. The van der Waals surface area contributed by atoms with E-state index in [9.17, 15) is 0 Å². The molecule has 0 aliphatic rings. The second kappa shape index (κ2) is 5.55. The normalized spacial score (nSPS) is 10.9. The first-order valence-corrected chi connectivity index (χ1v) is 5.66. The summed E-state index contributed by atoms with van der Waals surface area (Å²) in [6, 6.07) is 7.73. The Morgan fingerprint density at radius 3 is 2.31 bits per heavy atom. The molecule has 2 nitrogen and oxygen atoms in total. The number of benzene rings is 1. The zero-order chi connectivity index (χ0) is 12.0. The second-order valence-electron chi connectivity index (χ2n) is 5.25. The van der Waals surface area contributed by atoms with Gasteiger partial charge in [-0.1, -0.05) is 32.9 Å². The first kappa shape index (κ1) is 12.6. The zero-order valence-corrected chi connectivity index (χ0v) is 10.3. The lowest BCUT2D eigenvalue weighted by Gasteiger charge is -2.17. The molecule has 0 saturated carbocycles. The van der Waals surface area contributed by atoms with Gasteiger partial charge in [0, 0.05) is 0 Å². The number of aryl methyl sites for hydroxylation is 1. The van der Waals surface area contributed by atoms with E-state index in [0.717, 1.165) is 6.42 Å². The van der Waals surface area contributed by atoms with E-state index in [2.05, 4.69) is 20.8 Å². The maximum atomic E-state index is 8.35. The van der Waals surface area contributed by atoms with Crippen LogP contribution in [0, 0.1) is 16.9 Å². The SMILES string of the molecule is CC(C)(C)CCCc1ccc(OC#N)cc1. The fraction of sp³-hybridized carbons (Fsp3) is 0.500. The zero-order valence-electron chi connectivity index (χ0n) is 10.3. The van der Waals surface area contributed by atoms with Crippen LogP contribution in [0.3, 0.4) is 0 Å². The predicted octanol–water partition coefficient (Wildman–Crippen LogP) is 3.92. The first-order valence-electron chi connectivity index (χ1n) is 5.66. The van der Waals surface area contributed by atoms with E-state index >= 15 is 0 Å². The van der Waals surface area contributed by atoms with Gasteiger partial charge < -0.3 is 4.74 Å².